The summed E-state index contributed by atoms with van der Waals surface area (Å²) in [5, 5.41) is 2.86. The Kier molecular flexibility index (Phi) is 10.5. The second kappa shape index (κ2) is 12.8. The van der Waals surface area contributed by atoms with E-state index in [-0.39, 0.29) is 43.9 Å². The van der Waals surface area contributed by atoms with Crippen LogP contribution in [0.4, 0.5) is 23.2 Å². The molecule has 2 aromatic carbocycles. The van der Waals surface area contributed by atoms with Gasteiger partial charge >= 0.3 is 6.18 Å². The molecular weight excluding hydrogens is 538 g/mol. The van der Waals surface area contributed by atoms with Gasteiger partial charge in [0.05, 0.1) is 17.5 Å². The molecule has 1 atom stereocenters. The van der Waals surface area contributed by atoms with Crippen molar-refractivity contribution in [1.82, 2.24) is 10.2 Å². The van der Waals surface area contributed by atoms with Crippen molar-refractivity contribution in [1.29, 1.82) is 0 Å². The second-order valence-corrected chi connectivity index (χ2v) is 12.2. The van der Waals surface area contributed by atoms with Crippen LogP contribution in [0.1, 0.15) is 58.1 Å². The van der Waals surface area contributed by atoms with Gasteiger partial charge in [-0.15, -0.1) is 0 Å². The number of carbonyl (C=O) groups excluding carboxylic acids is 2. The predicted octanol–water partition coefficient (Wildman–Crippen LogP) is 5.11. The van der Waals surface area contributed by atoms with Crippen molar-refractivity contribution in [2.45, 2.75) is 71.3 Å². The van der Waals surface area contributed by atoms with Crippen LogP contribution >= 0.6 is 0 Å². The molecule has 0 fully saturated rings. The van der Waals surface area contributed by atoms with E-state index in [0.29, 0.717) is 5.56 Å². The van der Waals surface area contributed by atoms with Gasteiger partial charge in [-0.25, -0.2) is 12.8 Å². The largest absolute Gasteiger partial charge is 0.416 e. The Hall–Kier alpha value is -3.15. The van der Waals surface area contributed by atoms with Gasteiger partial charge in [0, 0.05) is 25.0 Å². The van der Waals surface area contributed by atoms with Crippen molar-refractivity contribution in [3.63, 3.8) is 0 Å². The highest BCUT2D eigenvalue weighted by molar-refractivity contribution is 7.92. The zero-order valence-corrected chi connectivity index (χ0v) is 23.5. The molecule has 39 heavy (non-hydrogen) atoms. The molecule has 2 rings (SSSR count). The summed E-state index contributed by atoms with van der Waals surface area (Å²) in [4.78, 5) is 27.8. The molecule has 12 heteroatoms. The molecule has 0 aromatic heterocycles. The number of nitrogens with zero attached hydrogens (tertiary/aromatic N) is 2. The molecule has 2 amide bonds. The van der Waals surface area contributed by atoms with Crippen molar-refractivity contribution in [3.8, 4) is 0 Å². The fourth-order valence-corrected chi connectivity index (χ4v) is 4.96. The number of carbonyl (C=O) groups is 2. The number of anilines is 1. The molecule has 0 bridgehead atoms. The van der Waals surface area contributed by atoms with Gasteiger partial charge < -0.3 is 10.2 Å². The Labute approximate surface area is 227 Å². The van der Waals surface area contributed by atoms with Gasteiger partial charge in [-0.05, 0) is 69.5 Å². The van der Waals surface area contributed by atoms with E-state index < -0.39 is 45.1 Å². The average Bonchev–Trinajstić information content (AvgIpc) is 2.80. The first-order valence-corrected chi connectivity index (χ1v) is 14.3. The molecule has 0 radical (unpaired) electrons. The van der Waals surface area contributed by atoms with E-state index in [1.807, 2.05) is 0 Å². The summed E-state index contributed by atoms with van der Waals surface area (Å²) < 4.78 is 78.6. The Bertz CT molecular complexity index is 1240. The molecule has 0 aliphatic rings. The lowest BCUT2D eigenvalue weighted by molar-refractivity contribution is -0.142. The minimum Gasteiger partial charge on any atom is -0.350 e. The molecule has 0 spiro atoms. The van der Waals surface area contributed by atoms with E-state index in [9.17, 15) is 35.6 Å². The Balaban J connectivity index is 2.27. The van der Waals surface area contributed by atoms with Gasteiger partial charge in [-0.2, -0.15) is 13.2 Å². The Morgan fingerprint density at radius 2 is 1.64 bits per heavy atom. The minimum absolute atomic E-state index is 0.0125. The van der Waals surface area contributed by atoms with E-state index in [1.54, 1.807) is 27.7 Å². The lowest BCUT2D eigenvalue weighted by Crippen LogP contribution is -2.53. The average molecular weight is 574 g/mol. The number of rotatable bonds is 11. The number of benzene rings is 2. The summed E-state index contributed by atoms with van der Waals surface area (Å²) in [6, 6.07) is 8.60. The summed E-state index contributed by atoms with van der Waals surface area (Å²) in [5.41, 5.74) is -1.13. The smallest absolute Gasteiger partial charge is 0.350 e. The molecule has 0 aliphatic carbocycles. The van der Waals surface area contributed by atoms with Crippen LogP contribution in [0, 0.1) is 5.82 Å². The van der Waals surface area contributed by atoms with Crippen molar-refractivity contribution in [2.24, 2.45) is 0 Å². The minimum atomic E-state index is -4.65. The highest BCUT2D eigenvalue weighted by Crippen LogP contribution is 2.32. The zero-order valence-electron chi connectivity index (χ0n) is 22.7. The second-order valence-electron chi connectivity index (χ2n) is 10.3. The molecular formula is C27H35F4N3O4S. The van der Waals surface area contributed by atoms with Crippen LogP contribution < -0.4 is 9.62 Å². The normalized spacial score (nSPS) is 13.1. The fraction of sp³-hybridized carbons (Fsp3) is 0.481. The third-order valence-corrected chi connectivity index (χ3v) is 6.96. The maximum Gasteiger partial charge on any atom is 0.416 e. The molecule has 1 N–H and O–H groups in total. The summed E-state index contributed by atoms with van der Waals surface area (Å²) >= 11 is 0. The van der Waals surface area contributed by atoms with Crippen molar-refractivity contribution in [3.05, 3.63) is 65.5 Å². The van der Waals surface area contributed by atoms with Gasteiger partial charge in [0.2, 0.25) is 21.8 Å². The van der Waals surface area contributed by atoms with Gasteiger partial charge in [0.15, 0.2) is 0 Å². The molecule has 0 aliphatic heterocycles. The zero-order chi connectivity index (χ0) is 29.6. The maximum absolute atomic E-state index is 13.4. The molecule has 2 aromatic rings. The molecule has 0 saturated carbocycles. The molecule has 7 nitrogen and oxygen atoms in total. The topological polar surface area (TPSA) is 86.8 Å². The number of halogens is 4. The van der Waals surface area contributed by atoms with E-state index in [0.717, 1.165) is 28.8 Å². The predicted molar refractivity (Wildman–Crippen MR) is 142 cm³/mol. The lowest BCUT2D eigenvalue weighted by atomic mass is 10.0. The molecule has 1 unspecified atom stereocenters. The number of alkyl halides is 3. The quantitative estimate of drug-likeness (QED) is 0.379. The van der Waals surface area contributed by atoms with Gasteiger partial charge in [-0.1, -0.05) is 25.1 Å². The van der Waals surface area contributed by atoms with Crippen LogP contribution in [0.2, 0.25) is 0 Å². The van der Waals surface area contributed by atoms with Gasteiger partial charge in [0.25, 0.3) is 0 Å². The third kappa shape index (κ3) is 9.83. The fourth-order valence-electron chi connectivity index (χ4n) is 4.00. The van der Waals surface area contributed by atoms with Gasteiger partial charge in [0.1, 0.15) is 11.9 Å². The summed E-state index contributed by atoms with van der Waals surface area (Å²) in [7, 11) is -3.96. The first-order valence-electron chi connectivity index (χ1n) is 12.4. The number of nitrogens with one attached hydrogen (secondary N) is 1. The van der Waals surface area contributed by atoms with E-state index in [2.05, 4.69) is 5.32 Å². The Morgan fingerprint density at radius 1 is 1.03 bits per heavy atom. The summed E-state index contributed by atoms with van der Waals surface area (Å²) in [6.45, 7) is 6.92. The van der Waals surface area contributed by atoms with Gasteiger partial charge in [-0.3, -0.25) is 13.9 Å². The summed E-state index contributed by atoms with van der Waals surface area (Å²) in [6.07, 6.45) is -3.68. The van der Waals surface area contributed by atoms with Crippen LogP contribution in [0.15, 0.2) is 48.5 Å². The van der Waals surface area contributed by atoms with Crippen molar-refractivity contribution >= 4 is 27.5 Å². The number of hydrogen-bond donors (Lipinski definition) is 1. The standard InChI is InChI=1S/C27H35F4N3O4S/c1-6-23(25(36)32-26(2,3)4)33(18-19-12-14-21(28)15-13-19)24(35)11-8-16-34(39(5,37)38)22-10-7-9-20(17-22)27(29,30)31/h7,9-10,12-15,17,23H,6,8,11,16,18H2,1-5H3,(H,32,36). The van der Waals surface area contributed by atoms with E-state index >= 15 is 0 Å². The van der Waals surface area contributed by atoms with Crippen LogP contribution in [-0.2, 0) is 32.3 Å². The number of sulfonamides is 1. The molecule has 0 saturated heterocycles. The first-order chi connectivity index (χ1) is 17.9. The monoisotopic (exact) mass is 573 g/mol. The van der Waals surface area contributed by atoms with Crippen LogP contribution in [0.25, 0.3) is 0 Å². The molecule has 216 valence electrons. The van der Waals surface area contributed by atoms with Crippen LogP contribution in [0.3, 0.4) is 0 Å². The van der Waals surface area contributed by atoms with Crippen LogP contribution in [-0.4, -0.2) is 49.5 Å². The number of amides is 2. The third-order valence-electron chi connectivity index (χ3n) is 5.76. The van der Waals surface area contributed by atoms with Crippen LogP contribution in [0.5, 0.6) is 0 Å². The van der Waals surface area contributed by atoms with E-state index in [4.69, 9.17) is 0 Å². The Morgan fingerprint density at radius 3 is 2.15 bits per heavy atom. The van der Waals surface area contributed by atoms with Crippen molar-refractivity contribution < 1.29 is 35.6 Å². The van der Waals surface area contributed by atoms with E-state index in [1.165, 1.54) is 35.2 Å². The SMILES string of the molecule is CCC(C(=O)NC(C)(C)C)N(Cc1ccc(F)cc1)C(=O)CCCN(c1cccc(C(F)(F)F)c1)S(C)(=O)=O. The number of hydrogen-bond acceptors (Lipinski definition) is 4. The molecule has 0 heterocycles. The lowest BCUT2D eigenvalue weighted by Gasteiger charge is -2.33. The maximum atomic E-state index is 13.4. The highest BCUT2D eigenvalue weighted by Gasteiger charge is 2.33. The summed E-state index contributed by atoms with van der Waals surface area (Å²) in [5.74, 6) is -1.28. The van der Waals surface area contributed by atoms with Crippen molar-refractivity contribution in [2.75, 3.05) is 17.1 Å². The first kappa shape index (κ1) is 32.1. The highest BCUT2D eigenvalue weighted by atomic mass is 32.2.